The number of amides is 1. The van der Waals surface area contributed by atoms with Crippen LogP contribution in [-0.2, 0) is 11.3 Å². The molecule has 0 saturated heterocycles. The van der Waals surface area contributed by atoms with Gasteiger partial charge in [-0.05, 0) is 38.6 Å². The average molecular weight is 260 g/mol. The molecule has 104 valence electrons. The summed E-state index contributed by atoms with van der Waals surface area (Å²) in [7, 11) is 4.10. The molecule has 1 aromatic carbocycles. The van der Waals surface area contributed by atoms with Crippen molar-refractivity contribution in [3.63, 3.8) is 0 Å². The normalized spacial score (nSPS) is 12.3. The van der Waals surface area contributed by atoms with Gasteiger partial charge in [0, 0.05) is 12.1 Å². The van der Waals surface area contributed by atoms with Crippen LogP contribution in [0.1, 0.15) is 37.4 Å². The van der Waals surface area contributed by atoms with E-state index in [0.29, 0.717) is 5.57 Å². The standard InChI is InChI=1S/C16H24N2O/c1-6-15(17-16(19)12(2)3)14-9-7-8-13(10-14)11-18(4)5/h7-10,15H,2,6,11H2,1,3-5H3,(H,17,19). The predicted molar refractivity (Wildman–Crippen MR) is 79.8 cm³/mol. The van der Waals surface area contributed by atoms with Crippen molar-refractivity contribution in [2.24, 2.45) is 0 Å². The Hall–Kier alpha value is -1.61. The van der Waals surface area contributed by atoms with Crippen molar-refractivity contribution < 1.29 is 4.79 Å². The Morgan fingerprint density at radius 2 is 2.11 bits per heavy atom. The average Bonchev–Trinajstić information content (AvgIpc) is 2.34. The molecule has 0 aliphatic rings. The van der Waals surface area contributed by atoms with Gasteiger partial charge in [-0.25, -0.2) is 0 Å². The van der Waals surface area contributed by atoms with Crippen LogP contribution in [0.2, 0.25) is 0 Å². The van der Waals surface area contributed by atoms with E-state index in [1.54, 1.807) is 6.92 Å². The summed E-state index contributed by atoms with van der Waals surface area (Å²) in [6.07, 6.45) is 0.866. The maximum Gasteiger partial charge on any atom is 0.246 e. The van der Waals surface area contributed by atoms with E-state index in [2.05, 4.69) is 41.9 Å². The summed E-state index contributed by atoms with van der Waals surface area (Å²) >= 11 is 0. The maximum atomic E-state index is 11.7. The largest absolute Gasteiger partial charge is 0.346 e. The fourth-order valence-corrected chi connectivity index (χ4v) is 1.98. The summed E-state index contributed by atoms with van der Waals surface area (Å²) in [6.45, 7) is 8.37. The van der Waals surface area contributed by atoms with E-state index >= 15 is 0 Å². The van der Waals surface area contributed by atoms with Gasteiger partial charge < -0.3 is 10.2 Å². The molecule has 0 saturated carbocycles. The first-order chi connectivity index (χ1) is 8.93. The summed E-state index contributed by atoms with van der Waals surface area (Å²) in [5.41, 5.74) is 2.95. The molecule has 0 aliphatic heterocycles. The second-order valence-electron chi connectivity index (χ2n) is 5.20. The molecule has 19 heavy (non-hydrogen) atoms. The minimum Gasteiger partial charge on any atom is -0.346 e. The number of hydrogen-bond acceptors (Lipinski definition) is 2. The molecule has 3 nitrogen and oxygen atoms in total. The van der Waals surface area contributed by atoms with E-state index < -0.39 is 0 Å². The van der Waals surface area contributed by atoms with Gasteiger partial charge >= 0.3 is 0 Å². The first kappa shape index (κ1) is 15.4. The van der Waals surface area contributed by atoms with Crippen LogP contribution in [0.15, 0.2) is 36.4 Å². The summed E-state index contributed by atoms with van der Waals surface area (Å²) in [4.78, 5) is 13.9. The lowest BCUT2D eigenvalue weighted by Gasteiger charge is -2.19. The third kappa shape index (κ3) is 4.87. The van der Waals surface area contributed by atoms with Crippen molar-refractivity contribution in [2.75, 3.05) is 14.1 Å². The van der Waals surface area contributed by atoms with Gasteiger partial charge in [-0.15, -0.1) is 0 Å². The SMILES string of the molecule is C=C(C)C(=O)NC(CC)c1cccc(CN(C)C)c1. The number of benzene rings is 1. The van der Waals surface area contributed by atoms with Crippen LogP contribution in [0.5, 0.6) is 0 Å². The van der Waals surface area contributed by atoms with Gasteiger partial charge in [0.25, 0.3) is 0 Å². The van der Waals surface area contributed by atoms with Crippen LogP contribution < -0.4 is 5.32 Å². The Bertz CT molecular complexity index is 452. The van der Waals surface area contributed by atoms with E-state index in [1.165, 1.54) is 5.56 Å². The van der Waals surface area contributed by atoms with Crippen molar-refractivity contribution in [1.29, 1.82) is 0 Å². The van der Waals surface area contributed by atoms with Gasteiger partial charge in [0.15, 0.2) is 0 Å². The molecule has 0 aromatic heterocycles. The van der Waals surface area contributed by atoms with Crippen LogP contribution >= 0.6 is 0 Å². The molecule has 1 rings (SSSR count). The Labute approximate surface area is 116 Å². The molecule has 0 spiro atoms. The molecule has 0 radical (unpaired) electrons. The lowest BCUT2D eigenvalue weighted by atomic mass is 10.0. The van der Waals surface area contributed by atoms with Crippen molar-refractivity contribution >= 4 is 5.91 Å². The highest BCUT2D eigenvalue weighted by Crippen LogP contribution is 2.19. The summed E-state index contributed by atoms with van der Waals surface area (Å²) in [5, 5.41) is 3.01. The highest BCUT2D eigenvalue weighted by Gasteiger charge is 2.13. The zero-order chi connectivity index (χ0) is 14.4. The predicted octanol–water partition coefficient (Wildman–Crippen LogP) is 2.89. The fraction of sp³-hybridized carbons (Fsp3) is 0.438. The number of carbonyl (C=O) groups excluding carboxylic acids is 1. The van der Waals surface area contributed by atoms with Crippen LogP contribution in [0.3, 0.4) is 0 Å². The first-order valence-corrected chi connectivity index (χ1v) is 6.64. The van der Waals surface area contributed by atoms with Crippen LogP contribution in [0, 0.1) is 0 Å². The Morgan fingerprint density at radius 1 is 1.42 bits per heavy atom. The zero-order valence-corrected chi connectivity index (χ0v) is 12.4. The number of nitrogens with zero attached hydrogens (tertiary/aromatic N) is 1. The topological polar surface area (TPSA) is 32.3 Å². The highest BCUT2D eigenvalue weighted by atomic mass is 16.1. The van der Waals surface area contributed by atoms with Crippen LogP contribution in [0.25, 0.3) is 0 Å². The second kappa shape index (κ2) is 7.10. The van der Waals surface area contributed by atoms with Gasteiger partial charge in [-0.3, -0.25) is 4.79 Å². The molecule has 1 amide bonds. The van der Waals surface area contributed by atoms with Gasteiger partial charge in [0.05, 0.1) is 6.04 Å². The molecular formula is C16H24N2O. The van der Waals surface area contributed by atoms with E-state index in [0.717, 1.165) is 18.5 Å². The molecule has 1 N–H and O–H groups in total. The van der Waals surface area contributed by atoms with Crippen molar-refractivity contribution in [3.8, 4) is 0 Å². The van der Waals surface area contributed by atoms with Gasteiger partial charge in [0.1, 0.15) is 0 Å². The molecular weight excluding hydrogens is 236 g/mol. The number of nitrogens with one attached hydrogen (secondary N) is 1. The van der Waals surface area contributed by atoms with Crippen LogP contribution in [0.4, 0.5) is 0 Å². The van der Waals surface area contributed by atoms with Crippen molar-refractivity contribution in [3.05, 3.63) is 47.5 Å². The van der Waals surface area contributed by atoms with E-state index in [9.17, 15) is 4.79 Å². The number of carbonyl (C=O) groups is 1. The monoisotopic (exact) mass is 260 g/mol. The Balaban J connectivity index is 2.86. The van der Waals surface area contributed by atoms with Gasteiger partial charge in [-0.2, -0.15) is 0 Å². The molecule has 1 atom stereocenters. The molecule has 0 bridgehead atoms. The van der Waals surface area contributed by atoms with Gasteiger partial charge in [0.2, 0.25) is 5.91 Å². The summed E-state index contributed by atoms with van der Waals surface area (Å²) in [5.74, 6) is -0.0788. The van der Waals surface area contributed by atoms with Crippen molar-refractivity contribution in [1.82, 2.24) is 10.2 Å². The lowest BCUT2D eigenvalue weighted by molar-refractivity contribution is -0.118. The number of hydrogen-bond donors (Lipinski definition) is 1. The van der Waals surface area contributed by atoms with E-state index in [1.807, 2.05) is 20.2 Å². The molecule has 0 fully saturated rings. The molecule has 0 aliphatic carbocycles. The third-order valence-electron chi connectivity index (χ3n) is 2.95. The van der Waals surface area contributed by atoms with E-state index in [-0.39, 0.29) is 11.9 Å². The van der Waals surface area contributed by atoms with E-state index in [4.69, 9.17) is 0 Å². The molecule has 1 unspecified atom stereocenters. The molecule has 1 aromatic rings. The van der Waals surface area contributed by atoms with Crippen molar-refractivity contribution in [2.45, 2.75) is 32.9 Å². The molecule has 0 heterocycles. The maximum absolute atomic E-state index is 11.7. The van der Waals surface area contributed by atoms with Gasteiger partial charge in [-0.1, -0.05) is 37.8 Å². The summed E-state index contributed by atoms with van der Waals surface area (Å²) in [6, 6.07) is 8.42. The Kier molecular flexibility index (Phi) is 5.77. The minimum atomic E-state index is -0.0788. The smallest absolute Gasteiger partial charge is 0.246 e. The lowest BCUT2D eigenvalue weighted by Crippen LogP contribution is -2.28. The minimum absolute atomic E-state index is 0.0475. The molecule has 3 heteroatoms. The number of rotatable bonds is 6. The van der Waals surface area contributed by atoms with Crippen LogP contribution in [-0.4, -0.2) is 24.9 Å². The summed E-state index contributed by atoms with van der Waals surface area (Å²) < 4.78 is 0. The second-order valence-corrected chi connectivity index (χ2v) is 5.20. The highest BCUT2D eigenvalue weighted by molar-refractivity contribution is 5.92. The zero-order valence-electron chi connectivity index (χ0n) is 12.4. The fourth-order valence-electron chi connectivity index (χ4n) is 1.98. The Morgan fingerprint density at radius 3 is 2.63 bits per heavy atom. The first-order valence-electron chi connectivity index (χ1n) is 6.64. The quantitative estimate of drug-likeness (QED) is 0.798. The third-order valence-corrected chi connectivity index (χ3v) is 2.95.